The molecule has 2 N–H and O–H groups in total. The Kier molecular flexibility index (Phi) is 4.08. The van der Waals surface area contributed by atoms with Gasteiger partial charge in [0.15, 0.2) is 0 Å². The van der Waals surface area contributed by atoms with E-state index < -0.39 is 0 Å². The van der Waals surface area contributed by atoms with E-state index in [2.05, 4.69) is 29.2 Å². The van der Waals surface area contributed by atoms with Gasteiger partial charge in [0.05, 0.1) is 6.07 Å². The molecule has 1 saturated heterocycles. The van der Waals surface area contributed by atoms with Gasteiger partial charge in [0.2, 0.25) is 5.91 Å². The van der Waals surface area contributed by atoms with Gasteiger partial charge in [-0.3, -0.25) is 9.69 Å². The fraction of sp³-hybridized carbons (Fsp3) is 0.333. The quantitative estimate of drug-likeness (QED) is 0.945. The van der Waals surface area contributed by atoms with E-state index in [0.29, 0.717) is 0 Å². The predicted molar refractivity (Wildman–Crippen MR) is 85.8 cm³/mol. The molecule has 112 valence electrons. The number of hydrogen-bond acceptors (Lipinski definition) is 3. The van der Waals surface area contributed by atoms with Crippen molar-refractivity contribution in [2.75, 3.05) is 13.1 Å². The lowest BCUT2D eigenvalue weighted by Gasteiger charge is -2.34. The Balaban J connectivity index is 1.88. The SMILES string of the molecule is N#CC(c1cccc2ccccc12)N1CCC(C(N)=O)CC1. The van der Waals surface area contributed by atoms with Gasteiger partial charge >= 0.3 is 0 Å². The summed E-state index contributed by atoms with van der Waals surface area (Å²) in [5.74, 6) is -0.276. The number of likely N-dealkylation sites (tertiary alicyclic amines) is 1. The molecule has 0 saturated carbocycles. The van der Waals surface area contributed by atoms with Crippen LogP contribution in [0.5, 0.6) is 0 Å². The molecule has 1 amide bonds. The number of benzene rings is 2. The van der Waals surface area contributed by atoms with Gasteiger partial charge in [-0.1, -0.05) is 42.5 Å². The number of primary amides is 1. The third kappa shape index (κ3) is 2.68. The number of amides is 1. The lowest BCUT2D eigenvalue weighted by Crippen LogP contribution is -2.40. The summed E-state index contributed by atoms with van der Waals surface area (Å²) in [6.45, 7) is 1.46. The highest BCUT2D eigenvalue weighted by Crippen LogP contribution is 2.31. The molecule has 0 aliphatic carbocycles. The van der Waals surface area contributed by atoms with E-state index >= 15 is 0 Å². The molecule has 0 aromatic heterocycles. The third-order valence-corrected chi connectivity index (χ3v) is 4.54. The van der Waals surface area contributed by atoms with Gasteiger partial charge in [-0.2, -0.15) is 5.26 Å². The molecular weight excluding hydrogens is 274 g/mol. The number of carbonyl (C=O) groups is 1. The van der Waals surface area contributed by atoms with Crippen molar-refractivity contribution in [2.45, 2.75) is 18.9 Å². The number of nitrogens with zero attached hydrogens (tertiary/aromatic N) is 2. The lowest BCUT2D eigenvalue weighted by molar-refractivity contribution is -0.123. The molecule has 0 radical (unpaired) electrons. The van der Waals surface area contributed by atoms with Gasteiger partial charge in [0, 0.05) is 19.0 Å². The fourth-order valence-electron chi connectivity index (χ4n) is 3.28. The van der Waals surface area contributed by atoms with E-state index in [1.54, 1.807) is 0 Å². The van der Waals surface area contributed by atoms with Crippen LogP contribution in [0.4, 0.5) is 0 Å². The van der Waals surface area contributed by atoms with Crippen molar-refractivity contribution < 1.29 is 4.79 Å². The van der Waals surface area contributed by atoms with Crippen molar-refractivity contribution >= 4 is 16.7 Å². The Morgan fingerprint density at radius 2 is 1.86 bits per heavy atom. The molecule has 2 aromatic carbocycles. The van der Waals surface area contributed by atoms with E-state index in [9.17, 15) is 10.1 Å². The van der Waals surface area contributed by atoms with Crippen molar-refractivity contribution in [3.8, 4) is 6.07 Å². The highest BCUT2D eigenvalue weighted by molar-refractivity contribution is 5.86. The summed E-state index contributed by atoms with van der Waals surface area (Å²) < 4.78 is 0. The van der Waals surface area contributed by atoms with Crippen molar-refractivity contribution in [1.82, 2.24) is 4.90 Å². The maximum Gasteiger partial charge on any atom is 0.220 e. The van der Waals surface area contributed by atoms with Gasteiger partial charge in [-0.15, -0.1) is 0 Å². The molecule has 1 heterocycles. The van der Waals surface area contributed by atoms with Crippen molar-refractivity contribution in [2.24, 2.45) is 11.7 Å². The minimum absolute atomic E-state index is 0.0527. The fourth-order valence-corrected chi connectivity index (χ4v) is 3.28. The number of nitrogens with two attached hydrogens (primary N) is 1. The molecule has 22 heavy (non-hydrogen) atoms. The zero-order valence-corrected chi connectivity index (χ0v) is 12.4. The van der Waals surface area contributed by atoms with Gasteiger partial charge in [0.1, 0.15) is 6.04 Å². The van der Waals surface area contributed by atoms with Crippen molar-refractivity contribution in [3.63, 3.8) is 0 Å². The predicted octanol–water partition coefficient (Wildman–Crippen LogP) is 2.60. The zero-order valence-electron chi connectivity index (χ0n) is 12.4. The molecule has 1 unspecified atom stereocenters. The highest BCUT2D eigenvalue weighted by Gasteiger charge is 2.29. The van der Waals surface area contributed by atoms with Crippen LogP contribution in [0.2, 0.25) is 0 Å². The average Bonchev–Trinajstić information content (AvgIpc) is 2.56. The first-order valence-corrected chi connectivity index (χ1v) is 7.61. The zero-order chi connectivity index (χ0) is 15.5. The number of fused-ring (bicyclic) bond motifs is 1. The van der Waals surface area contributed by atoms with E-state index in [0.717, 1.165) is 42.3 Å². The second-order valence-electron chi connectivity index (χ2n) is 5.81. The van der Waals surface area contributed by atoms with Gasteiger partial charge in [-0.05, 0) is 29.2 Å². The minimum atomic E-state index is -0.278. The second-order valence-corrected chi connectivity index (χ2v) is 5.81. The van der Waals surface area contributed by atoms with Crippen LogP contribution in [-0.4, -0.2) is 23.9 Å². The Labute approximate surface area is 130 Å². The monoisotopic (exact) mass is 293 g/mol. The molecule has 4 nitrogen and oxygen atoms in total. The number of piperidine rings is 1. The topological polar surface area (TPSA) is 70.1 Å². The largest absolute Gasteiger partial charge is 0.369 e. The first-order valence-electron chi connectivity index (χ1n) is 7.61. The van der Waals surface area contributed by atoms with Crippen molar-refractivity contribution in [3.05, 3.63) is 48.0 Å². The summed E-state index contributed by atoms with van der Waals surface area (Å²) >= 11 is 0. The molecule has 1 fully saturated rings. The number of nitriles is 1. The number of hydrogen-bond donors (Lipinski definition) is 1. The standard InChI is InChI=1S/C18H19N3O/c19-12-17(21-10-8-14(9-11-21)18(20)22)16-7-3-5-13-4-1-2-6-15(13)16/h1-7,14,17H,8-11H2,(H2,20,22). The van der Waals surface area contributed by atoms with E-state index in [1.165, 1.54) is 0 Å². The summed E-state index contributed by atoms with van der Waals surface area (Å²) in [7, 11) is 0. The van der Waals surface area contributed by atoms with Crippen LogP contribution in [0.3, 0.4) is 0 Å². The van der Waals surface area contributed by atoms with Crippen LogP contribution < -0.4 is 5.73 Å². The summed E-state index contributed by atoms with van der Waals surface area (Å²) in [5, 5.41) is 11.9. The van der Waals surface area contributed by atoms with Crippen LogP contribution in [0.15, 0.2) is 42.5 Å². The maximum atomic E-state index is 11.3. The van der Waals surface area contributed by atoms with Crippen molar-refractivity contribution in [1.29, 1.82) is 5.26 Å². The van der Waals surface area contributed by atoms with Crippen LogP contribution >= 0.6 is 0 Å². The summed E-state index contributed by atoms with van der Waals surface area (Å²) in [4.78, 5) is 13.4. The Morgan fingerprint density at radius 3 is 2.55 bits per heavy atom. The minimum Gasteiger partial charge on any atom is -0.369 e. The van der Waals surface area contributed by atoms with Gasteiger partial charge < -0.3 is 5.73 Å². The second kappa shape index (κ2) is 6.17. The van der Waals surface area contributed by atoms with E-state index in [4.69, 9.17) is 5.73 Å². The molecule has 1 aliphatic rings. The summed E-state index contributed by atoms with van der Waals surface area (Å²) in [6.07, 6.45) is 1.47. The smallest absolute Gasteiger partial charge is 0.220 e. The number of carbonyl (C=O) groups excluding carboxylic acids is 1. The molecule has 1 atom stereocenters. The summed E-state index contributed by atoms with van der Waals surface area (Å²) in [6, 6.07) is 16.4. The first-order chi connectivity index (χ1) is 10.7. The van der Waals surface area contributed by atoms with E-state index in [-0.39, 0.29) is 17.9 Å². The average molecular weight is 293 g/mol. The summed E-state index contributed by atoms with van der Waals surface area (Å²) in [5.41, 5.74) is 6.42. The Bertz CT molecular complexity index is 721. The molecule has 0 bridgehead atoms. The number of rotatable bonds is 3. The Hall–Kier alpha value is -2.38. The van der Waals surface area contributed by atoms with Crippen LogP contribution in [0.1, 0.15) is 24.4 Å². The third-order valence-electron chi connectivity index (χ3n) is 4.54. The van der Waals surface area contributed by atoms with Crippen LogP contribution in [-0.2, 0) is 4.79 Å². The molecule has 4 heteroatoms. The van der Waals surface area contributed by atoms with Crippen LogP contribution in [0.25, 0.3) is 10.8 Å². The molecule has 3 rings (SSSR count). The van der Waals surface area contributed by atoms with Gasteiger partial charge in [-0.25, -0.2) is 0 Å². The molecule has 1 aliphatic heterocycles. The van der Waals surface area contributed by atoms with Gasteiger partial charge in [0.25, 0.3) is 0 Å². The molecule has 2 aromatic rings. The lowest BCUT2D eigenvalue weighted by atomic mass is 9.92. The molecule has 0 spiro atoms. The van der Waals surface area contributed by atoms with E-state index in [1.807, 2.05) is 24.3 Å². The Morgan fingerprint density at radius 1 is 1.18 bits per heavy atom. The van der Waals surface area contributed by atoms with Crippen LogP contribution in [0, 0.1) is 17.2 Å². The normalized spacial score (nSPS) is 18.0. The maximum absolute atomic E-state index is 11.3. The molecular formula is C18H19N3O. The highest BCUT2D eigenvalue weighted by atomic mass is 16.1. The first kappa shape index (κ1) is 14.6.